The van der Waals surface area contributed by atoms with Crippen molar-refractivity contribution in [1.29, 1.82) is 0 Å². The minimum atomic E-state index is -0.705. The summed E-state index contributed by atoms with van der Waals surface area (Å²) in [5.41, 5.74) is 0.360. The molecule has 2 saturated carbocycles. The number of carbonyl (C=O) groups is 2. The molecule has 2 aliphatic rings. The molecule has 0 spiro atoms. The molecule has 0 aromatic rings. The Hall–Kier alpha value is -1.26. The van der Waals surface area contributed by atoms with E-state index in [1.165, 1.54) is 0 Å². The number of rotatable bonds is 3. The van der Waals surface area contributed by atoms with E-state index < -0.39 is 5.97 Å². The number of amides is 2. The molecule has 2 aliphatic carbocycles. The van der Waals surface area contributed by atoms with Crippen LogP contribution in [0.5, 0.6) is 0 Å². The molecule has 0 radical (unpaired) electrons. The van der Waals surface area contributed by atoms with Gasteiger partial charge in [0.25, 0.3) is 0 Å². The number of nitrogens with one attached hydrogen (secondary N) is 1. The predicted molar refractivity (Wildman–Crippen MR) is 76.5 cm³/mol. The van der Waals surface area contributed by atoms with E-state index in [4.69, 9.17) is 5.11 Å². The molecule has 0 saturated heterocycles. The molecule has 0 bridgehead atoms. The first kappa shape index (κ1) is 15.1. The molecular formula is C15H26N2O3. The number of aliphatic carboxylic acids is 1. The second kappa shape index (κ2) is 5.62. The van der Waals surface area contributed by atoms with Gasteiger partial charge in [0, 0.05) is 19.1 Å². The van der Waals surface area contributed by atoms with Crippen LogP contribution in [0.15, 0.2) is 0 Å². The number of nitrogens with zero attached hydrogens (tertiary/aromatic N) is 1. The van der Waals surface area contributed by atoms with Gasteiger partial charge in [0.05, 0.1) is 5.92 Å². The Labute approximate surface area is 120 Å². The lowest BCUT2D eigenvalue weighted by Crippen LogP contribution is -2.54. The standard InChI is InChI=1S/C15H26N2O3/c1-15(2)8-12(9-15)17(3)14(20)16-11-6-4-10(5-7-11)13(18)19/h10-12H,4-9H2,1-3H3,(H,16,20)(H,18,19). The maximum atomic E-state index is 12.2. The molecule has 0 aromatic heterocycles. The second-order valence-corrected chi connectivity index (χ2v) is 7.17. The van der Waals surface area contributed by atoms with Crippen molar-refractivity contribution in [3.63, 3.8) is 0 Å². The largest absolute Gasteiger partial charge is 0.481 e. The Morgan fingerprint density at radius 2 is 1.70 bits per heavy atom. The fourth-order valence-electron chi connectivity index (χ4n) is 3.42. The number of carboxylic acid groups (broad SMARTS) is 1. The van der Waals surface area contributed by atoms with Crippen LogP contribution in [-0.4, -0.2) is 41.1 Å². The van der Waals surface area contributed by atoms with Gasteiger partial charge >= 0.3 is 12.0 Å². The topological polar surface area (TPSA) is 69.6 Å². The van der Waals surface area contributed by atoms with E-state index in [2.05, 4.69) is 19.2 Å². The number of hydrogen-bond donors (Lipinski definition) is 2. The summed E-state index contributed by atoms with van der Waals surface area (Å²) in [5, 5.41) is 12.0. The van der Waals surface area contributed by atoms with Gasteiger partial charge in [-0.05, 0) is 43.9 Å². The molecule has 5 nitrogen and oxygen atoms in total. The quantitative estimate of drug-likeness (QED) is 0.835. The predicted octanol–water partition coefficient (Wildman–Crippen LogP) is 2.46. The number of hydrogen-bond acceptors (Lipinski definition) is 2. The van der Waals surface area contributed by atoms with Crippen molar-refractivity contribution in [2.45, 2.75) is 64.5 Å². The third-order valence-electron chi connectivity index (χ3n) is 4.85. The Bertz CT molecular complexity index is 379. The molecule has 2 fully saturated rings. The molecular weight excluding hydrogens is 256 g/mol. The summed E-state index contributed by atoms with van der Waals surface area (Å²) in [5.74, 6) is -0.933. The van der Waals surface area contributed by atoms with Crippen molar-refractivity contribution < 1.29 is 14.7 Å². The molecule has 114 valence electrons. The number of carbonyl (C=O) groups excluding carboxylic acids is 1. The van der Waals surface area contributed by atoms with Gasteiger partial charge in [0.2, 0.25) is 0 Å². The van der Waals surface area contributed by atoms with E-state index in [1.807, 2.05) is 11.9 Å². The molecule has 2 N–H and O–H groups in total. The summed E-state index contributed by atoms with van der Waals surface area (Å²) in [6.45, 7) is 4.45. The van der Waals surface area contributed by atoms with Crippen LogP contribution in [0, 0.1) is 11.3 Å². The van der Waals surface area contributed by atoms with E-state index >= 15 is 0 Å². The zero-order valence-electron chi connectivity index (χ0n) is 12.7. The van der Waals surface area contributed by atoms with E-state index in [1.54, 1.807) is 0 Å². The first-order valence-corrected chi connectivity index (χ1v) is 7.54. The van der Waals surface area contributed by atoms with E-state index in [0.29, 0.717) is 24.3 Å². The molecule has 0 aromatic carbocycles. The van der Waals surface area contributed by atoms with E-state index in [9.17, 15) is 9.59 Å². The fraction of sp³-hybridized carbons (Fsp3) is 0.867. The van der Waals surface area contributed by atoms with Gasteiger partial charge < -0.3 is 15.3 Å². The number of carboxylic acids is 1. The van der Waals surface area contributed by atoms with Crippen LogP contribution in [0.4, 0.5) is 4.79 Å². The van der Waals surface area contributed by atoms with Gasteiger partial charge in [-0.15, -0.1) is 0 Å². The lowest BCUT2D eigenvalue weighted by atomic mass is 9.68. The average Bonchev–Trinajstić information content (AvgIpc) is 2.35. The lowest BCUT2D eigenvalue weighted by Gasteiger charge is -2.47. The highest BCUT2D eigenvalue weighted by molar-refractivity contribution is 5.75. The summed E-state index contributed by atoms with van der Waals surface area (Å²) in [7, 11) is 1.86. The molecule has 20 heavy (non-hydrogen) atoms. The normalized spacial score (nSPS) is 29.4. The third-order valence-corrected chi connectivity index (χ3v) is 4.85. The maximum Gasteiger partial charge on any atom is 0.317 e. The molecule has 2 amide bonds. The fourth-order valence-corrected chi connectivity index (χ4v) is 3.42. The molecule has 0 aliphatic heterocycles. The van der Waals surface area contributed by atoms with Crippen LogP contribution in [-0.2, 0) is 4.79 Å². The van der Waals surface area contributed by atoms with Crippen molar-refractivity contribution in [1.82, 2.24) is 10.2 Å². The summed E-state index contributed by atoms with van der Waals surface area (Å²) < 4.78 is 0. The first-order chi connectivity index (χ1) is 9.28. The summed E-state index contributed by atoms with van der Waals surface area (Å²) >= 11 is 0. The minimum absolute atomic E-state index is 0.00993. The second-order valence-electron chi connectivity index (χ2n) is 7.17. The van der Waals surface area contributed by atoms with Crippen LogP contribution in [0.25, 0.3) is 0 Å². The third kappa shape index (κ3) is 3.44. The Balaban J connectivity index is 1.74. The smallest absolute Gasteiger partial charge is 0.317 e. The van der Waals surface area contributed by atoms with Crippen molar-refractivity contribution in [3.8, 4) is 0 Å². The van der Waals surface area contributed by atoms with Gasteiger partial charge in [0.15, 0.2) is 0 Å². The van der Waals surface area contributed by atoms with Gasteiger partial charge in [0.1, 0.15) is 0 Å². The van der Waals surface area contributed by atoms with E-state index in [-0.39, 0.29) is 18.0 Å². The summed E-state index contributed by atoms with van der Waals surface area (Å²) in [6, 6.07) is 0.471. The summed E-state index contributed by atoms with van der Waals surface area (Å²) in [4.78, 5) is 24.9. The van der Waals surface area contributed by atoms with Crippen molar-refractivity contribution in [3.05, 3.63) is 0 Å². The molecule has 5 heteroatoms. The monoisotopic (exact) mass is 282 g/mol. The van der Waals surface area contributed by atoms with Crippen molar-refractivity contribution in [2.75, 3.05) is 7.05 Å². The highest BCUT2D eigenvalue weighted by Crippen LogP contribution is 2.42. The Morgan fingerprint density at radius 1 is 1.15 bits per heavy atom. The molecule has 0 heterocycles. The van der Waals surface area contributed by atoms with Gasteiger partial charge in [-0.2, -0.15) is 0 Å². The highest BCUT2D eigenvalue weighted by atomic mass is 16.4. The van der Waals surface area contributed by atoms with Crippen LogP contribution in [0.2, 0.25) is 0 Å². The first-order valence-electron chi connectivity index (χ1n) is 7.54. The average molecular weight is 282 g/mol. The van der Waals surface area contributed by atoms with Crippen LogP contribution in [0.1, 0.15) is 52.4 Å². The maximum absolute atomic E-state index is 12.2. The minimum Gasteiger partial charge on any atom is -0.481 e. The number of urea groups is 1. The van der Waals surface area contributed by atoms with Crippen LogP contribution < -0.4 is 5.32 Å². The van der Waals surface area contributed by atoms with Gasteiger partial charge in [-0.1, -0.05) is 13.8 Å². The zero-order valence-corrected chi connectivity index (χ0v) is 12.7. The van der Waals surface area contributed by atoms with Crippen LogP contribution in [0.3, 0.4) is 0 Å². The van der Waals surface area contributed by atoms with Gasteiger partial charge in [-0.3, -0.25) is 4.79 Å². The van der Waals surface area contributed by atoms with E-state index in [0.717, 1.165) is 25.7 Å². The highest BCUT2D eigenvalue weighted by Gasteiger charge is 2.40. The van der Waals surface area contributed by atoms with Crippen molar-refractivity contribution in [2.24, 2.45) is 11.3 Å². The Kier molecular flexibility index (Phi) is 4.25. The van der Waals surface area contributed by atoms with Gasteiger partial charge in [-0.25, -0.2) is 4.79 Å². The van der Waals surface area contributed by atoms with Crippen LogP contribution >= 0.6 is 0 Å². The molecule has 0 atom stereocenters. The van der Waals surface area contributed by atoms with Crippen molar-refractivity contribution >= 4 is 12.0 Å². The molecule has 2 rings (SSSR count). The Morgan fingerprint density at radius 3 is 2.15 bits per heavy atom. The molecule has 0 unspecified atom stereocenters. The summed E-state index contributed by atoms with van der Waals surface area (Å²) in [6.07, 6.45) is 4.99. The SMILES string of the molecule is CN(C(=O)NC1CCC(C(=O)O)CC1)C1CC(C)(C)C1. The zero-order chi connectivity index (χ0) is 14.9. The lowest BCUT2D eigenvalue weighted by molar-refractivity contribution is -0.142.